The van der Waals surface area contributed by atoms with Gasteiger partial charge in [-0.2, -0.15) is 0 Å². The van der Waals surface area contributed by atoms with Crippen molar-refractivity contribution in [3.05, 3.63) is 24.3 Å². The summed E-state index contributed by atoms with van der Waals surface area (Å²) in [4.78, 5) is 7.13. The van der Waals surface area contributed by atoms with E-state index in [1.165, 1.54) is 5.69 Å². The molecule has 1 aromatic rings. The van der Waals surface area contributed by atoms with E-state index >= 15 is 0 Å². The third-order valence-electron chi connectivity index (χ3n) is 5.82. The second kappa shape index (κ2) is 14.7. The Morgan fingerprint density at radius 1 is 0.706 bits per heavy atom. The minimum atomic E-state index is -0.363. The molecule has 0 aromatic heterocycles. The zero-order chi connectivity index (χ0) is 23.9. The van der Waals surface area contributed by atoms with Gasteiger partial charge in [0.1, 0.15) is 25.3 Å². The standard InChI is InChI=1S/C24H48N6O2.2ClH/c1-29(2,3)19-23(31)17-26-11-12-27(18-24(32)20-30(4,5)6)14-16-28(15-13-26)22-9-7-21(25)8-10-22;;/h7-10,23-24,31-32H,11-20,25H2,1-6H3;2*1H/q+2;;/p-2. The fraction of sp³-hybridized carbons (Fsp3) is 0.750. The average molecular weight is 524 g/mol. The molecule has 0 aliphatic carbocycles. The Bertz CT molecular complexity index is 646. The molecule has 200 valence electrons. The molecule has 2 rings (SSSR count). The molecule has 2 unspecified atom stereocenters. The summed E-state index contributed by atoms with van der Waals surface area (Å²) in [6.45, 7) is 8.16. The predicted molar refractivity (Wildman–Crippen MR) is 134 cm³/mol. The average Bonchev–Trinajstić information content (AvgIpc) is 2.71. The molecule has 34 heavy (non-hydrogen) atoms. The lowest BCUT2D eigenvalue weighted by atomic mass is 10.2. The summed E-state index contributed by atoms with van der Waals surface area (Å²) in [6, 6.07) is 8.07. The minimum absolute atomic E-state index is 0. The molecule has 1 aliphatic rings. The van der Waals surface area contributed by atoms with Gasteiger partial charge in [0, 0.05) is 63.7 Å². The van der Waals surface area contributed by atoms with Crippen LogP contribution in [0.3, 0.4) is 0 Å². The summed E-state index contributed by atoms with van der Waals surface area (Å²) in [5.74, 6) is 0. The molecule has 0 saturated carbocycles. The number of anilines is 2. The number of halogens is 2. The topological polar surface area (TPSA) is 76.2 Å². The predicted octanol–water partition coefficient (Wildman–Crippen LogP) is -6.17. The van der Waals surface area contributed by atoms with E-state index in [0.29, 0.717) is 13.1 Å². The van der Waals surface area contributed by atoms with Crippen LogP contribution in [0.2, 0.25) is 0 Å². The number of nitrogens with zero attached hydrogens (tertiary/aromatic N) is 5. The summed E-state index contributed by atoms with van der Waals surface area (Å²) in [6.07, 6.45) is -0.726. The van der Waals surface area contributed by atoms with E-state index in [1.54, 1.807) is 0 Å². The van der Waals surface area contributed by atoms with Gasteiger partial charge in [0.2, 0.25) is 0 Å². The van der Waals surface area contributed by atoms with Crippen LogP contribution in [0.15, 0.2) is 24.3 Å². The van der Waals surface area contributed by atoms with Gasteiger partial charge in [-0.25, -0.2) is 0 Å². The molecule has 1 aromatic carbocycles. The molecule has 0 amide bonds. The Kier molecular flexibility index (Phi) is 14.3. The summed E-state index contributed by atoms with van der Waals surface area (Å²) in [5, 5.41) is 21.4. The highest BCUT2D eigenvalue weighted by atomic mass is 35.5. The lowest BCUT2D eigenvalue weighted by Gasteiger charge is -2.32. The van der Waals surface area contributed by atoms with Crippen LogP contribution in [0.5, 0.6) is 0 Å². The number of rotatable bonds is 9. The van der Waals surface area contributed by atoms with E-state index in [1.807, 2.05) is 12.1 Å². The molecule has 0 radical (unpaired) electrons. The number of nitrogen functional groups attached to an aromatic ring is 1. The van der Waals surface area contributed by atoms with Crippen molar-refractivity contribution in [1.82, 2.24) is 9.80 Å². The lowest BCUT2D eigenvalue weighted by Crippen LogP contribution is -3.00. The Morgan fingerprint density at radius 2 is 1.06 bits per heavy atom. The molecule has 1 aliphatic heterocycles. The van der Waals surface area contributed by atoms with Crippen molar-refractivity contribution in [3.8, 4) is 0 Å². The fourth-order valence-corrected chi connectivity index (χ4v) is 4.43. The van der Waals surface area contributed by atoms with Gasteiger partial charge in [-0.1, -0.05) is 0 Å². The zero-order valence-electron chi connectivity index (χ0n) is 22.0. The van der Waals surface area contributed by atoms with Crippen molar-refractivity contribution in [2.75, 3.05) is 118 Å². The van der Waals surface area contributed by atoms with Crippen LogP contribution in [0.4, 0.5) is 11.4 Å². The maximum atomic E-state index is 10.7. The zero-order valence-corrected chi connectivity index (χ0v) is 23.5. The maximum absolute atomic E-state index is 10.7. The highest BCUT2D eigenvalue weighted by Gasteiger charge is 2.24. The van der Waals surface area contributed by atoms with Crippen LogP contribution in [0.1, 0.15) is 0 Å². The molecule has 1 saturated heterocycles. The Morgan fingerprint density at radius 3 is 1.41 bits per heavy atom. The largest absolute Gasteiger partial charge is 1.00 e. The molecule has 2 atom stereocenters. The third kappa shape index (κ3) is 13.3. The van der Waals surface area contributed by atoms with E-state index in [9.17, 15) is 10.2 Å². The second-order valence-corrected chi connectivity index (χ2v) is 11.4. The Labute approximate surface area is 219 Å². The first kappa shape index (κ1) is 33.2. The summed E-state index contributed by atoms with van der Waals surface area (Å²) >= 11 is 0. The van der Waals surface area contributed by atoms with Crippen LogP contribution < -0.4 is 35.4 Å². The molecule has 1 heterocycles. The lowest BCUT2D eigenvalue weighted by molar-refractivity contribution is -0.873. The summed E-state index contributed by atoms with van der Waals surface area (Å²) in [7, 11) is 12.7. The molecule has 0 spiro atoms. The smallest absolute Gasteiger partial charge is 0.115 e. The molecule has 10 heteroatoms. The van der Waals surface area contributed by atoms with E-state index in [4.69, 9.17) is 5.73 Å². The van der Waals surface area contributed by atoms with E-state index in [0.717, 1.165) is 67.0 Å². The van der Waals surface area contributed by atoms with Gasteiger partial charge in [-0.15, -0.1) is 0 Å². The van der Waals surface area contributed by atoms with Crippen LogP contribution >= 0.6 is 0 Å². The normalized spacial score (nSPS) is 18.6. The number of hydrogen-bond donors (Lipinski definition) is 3. The van der Waals surface area contributed by atoms with Gasteiger partial charge in [-0.3, -0.25) is 9.80 Å². The first-order chi connectivity index (χ1) is 14.8. The molecule has 0 bridgehead atoms. The van der Waals surface area contributed by atoms with E-state index in [-0.39, 0.29) is 37.0 Å². The molecule has 1 fully saturated rings. The van der Waals surface area contributed by atoms with Crippen molar-refractivity contribution in [2.45, 2.75) is 12.2 Å². The quantitative estimate of drug-likeness (QED) is 0.221. The molecular formula is C24H48Cl2N6O2. The van der Waals surface area contributed by atoms with Gasteiger partial charge in [-0.05, 0) is 24.3 Å². The number of aliphatic hydroxyl groups is 2. The highest BCUT2D eigenvalue weighted by molar-refractivity contribution is 5.53. The van der Waals surface area contributed by atoms with Crippen molar-refractivity contribution >= 4 is 11.4 Å². The van der Waals surface area contributed by atoms with Crippen LogP contribution in [0, 0.1) is 0 Å². The number of benzene rings is 1. The second-order valence-electron chi connectivity index (χ2n) is 11.4. The number of aliphatic hydroxyl groups excluding tert-OH is 2. The Hall–Kier alpha value is -0.840. The number of likely N-dealkylation sites (N-methyl/N-ethyl adjacent to an activating group) is 2. The van der Waals surface area contributed by atoms with Gasteiger partial charge >= 0.3 is 0 Å². The minimum Gasteiger partial charge on any atom is -1.00 e. The van der Waals surface area contributed by atoms with Gasteiger partial charge in [0.15, 0.2) is 0 Å². The van der Waals surface area contributed by atoms with Gasteiger partial charge in [0.05, 0.1) is 42.3 Å². The maximum Gasteiger partial charge on any atom is 0.115 e. The summed E-state index contributed by atoms with van der Waals surface area (Å²) < 4.78 is 1.49. The SMILES string of the molecule is C[N+](C)(C)CC(O)CN1CCN(CC(O)C[N+](C)(C)C)CCN(c2ccc(N)cc2)CC1.[Cl-].[Cl-]. The van der Waals surface area contributed by atoms with Gasteiger partial charge in [0.25, 0.3) is 0 Å². The van der Waals surface area contributed by atoms with Crippen molar-refractivity contribution < 1.29 is 44.0 Å². The van der Waals surface area contributed by atoms with Crippen LogP contribution in [-0.2, 0) is 0 Å². The molecular weight excluding hydrogens is 475 g/mol. The van der Waals surface area contributed by atoms with E-state index < -0.39 is 0 Å². The Balaban J connectivity index is 0.00000544. The number of quaternary nitrogens is 2. The van der Waals surface area contributed by atoms with Gasteiger partial charge < -0.3 is 54.6 Å². The first-order valence-electron chi connectivity index (χ1n) is 11.8. The molecule has 8 nitrogen and oxygen atoms in total. The van der Waals surface area contributed by atoms with Crippen molar-refractivity contribution in [2.24, 2.45) is 0 Å². The van der Waals surface area contributed by atoms with Crippen molar-refractivity contribution in [1.29, 1.82) is 0 Å². The monoisotopic (exact) mass is 522 g/mol. The van der Waals surface area contributed by atoms with E-state index in [2.05, 4.69) is 69.1 Å². The summed E-state index contributed by atoms with van der Waals surface area (Å²) in [5.41, 5.74) is 7.84. The third-order valence-corrected chi connectivity index (χ3v) is 5.82. The van der Waals surface area contributed by atoms with Crippen LogP contribution in [0.25, 0.3) is 0 Å². The van der Waals surface area contributed by atoms with Crippen LogP contribution in [-0.4, -0.2) is 149 Å². The number of nitrogens with two attached hydrogens (primary N) is 1. The van der Waals surface area contributed by atoms with Crippen molar-refractivity contribution in [3.63, 3.8) is 0 Å². The fourth-order valence-electron chi connectivity index (χ4n) is 4.43. The number of hydrogen-bond acceptors (Lipinski definition) is 6. The first-order valence-corrected chi connectivity index (χ1v) is 11.8. The highest BCUT2D eigenvalue weighted by Crippen LogP contribution is 2.17. The molecule has 4 N–H and O–H groups in total. The number of β-amino-alcohol motifs (C(OH)–C–C–N with tert-alkyl or cyclic N) is 2.